The van der Waals surface area contributed by atoms with Gasteiger partial charge in [-0.05, 0) is 86.0 Å². The highest BCUT2D eigenvalue weighted by atomic mass is 32.2. The molecule has 0 aliphatic carbocycles. The molecule has 4 rings (SSSR count). The number of hydrogen-bond acceptors (Lipinski definition) is 8. The molecule has 3 aromatic rings. The molecule has 0 radical (unpaired) electrons. The van der Waals surface area contributed by atoms with Crippen molar-refractivity contribution in [1.82, 2.24) is 4.90 Å². The number of nitrogens with one attached hydrogen (secondary N) is 2. The van der Waals surface area contributed by atoms with Crippen LogP contribution in [0.25, 0.3) is 0 Å². The van der Waals surface area contributed by atoms with Crippen LogP contribution in [0.1, 0.15) is 42.1 Å². The van der Waals surface area contributed by atoms with Crippen molar-refractivity contribution in [2.24, 2.45) is 0 Å². The summed E-state index contributed by atoms with van der Waals surface area (Å²) in [5.41, 5.74) is 2.87. The smallest absolute Gasteiger partial charge is 0.278 e. The molecule has 0 bridgehead atoms. The fourth-order valence-corrected chi connectivity index (χ4v) is 5.29. The van der Waals surface area contributed by atoms with Gasteiger partial charge in [0.1, 0.15) is 22.1 Å². The number of hydrogen-bond donors (Lipinski definition) is 2. The molecule has 3 amide bonds. The lowest BCUT2D eigenvalue weighted by Gasteiger charge is -2.15. The minimum atomic E-state index is -0.405. The molecule has 226 valence electrons. The number of carbonyl (C=O) groups is 3. The van der Waals surface area contributed by atoms with E-state index in [-0.39, 0.29) is 29.0 Å². The zero-order chi connectivity index (χ0) is 30.8. The summed E-state index contributed by atoms with van der Waals surface area (Å²) < 4.78 is 16.3. The van der Waals surface area contributed by atoms with Crippen LogP contribution < -0.4 is 20.1 Å². The number of carbonyl (C=O) groups excluding carboxylic acids is 3. The molecule has 2 N–H and O–H groups in total. The van der Waals surface area contributed by atoms with Crippen LogP contribution in [0.2, 0.25) is 0 Å². The van der Waals surface area contributed by atoms with Crippen LogP contribution in [-0.4, -0.2) is 56.6 Å². The average Bonchev–Trinajstić information content (AvgIpc) is 3.22. The van der Waals surface area contributed by atoms with Crippen molar-refractivity contribution in [3.63, 3.8) is 0 Å². The number of benzene rings is 3. The lowest BCUT2D eigenvalue weighted by Crippen LogP contribution is -2.33. The van der Waals surface area contributed by atoms with Gasteiger partial charge in [0.05, 0.1) is 19.4 Å². The molecule has 9 nitrogen and oxygen atoms in total. The third-order valence-corrected chi connectivity index (χ3v) is 7.78. The summed E-state index contributed by atoms with van der Waals surface area (Å²) in [6, 6.07) is 19.7. The summed E-state index contributed by atoms with van der Waals surface area (Å²) in [5, 5.41) is 6.06. The molecule has 0 atom stereocenters. The topological polar surface area (TPSA) is 106 Å². The molecule has 0 saturated carbocycles. The Kier molecular flexibility index (Phi) is 11.2. The monoisotopic (exact) mass is 603 g/mol. The first-order chi connectivity index (χ1) is 20.8. The third-order valence-electron chi connectivity index (χ3n) is 6.69. The number of nitrogens with zero attached hydrogens (tertiary/aromatic N) is 1. The number of unbranched alkanes of at least 4 members (excludes halogenated alkanes) is 1. The minimum Gasteiger partial charge on any atom is -0.495 e. The molecular formula is C33H37N3O6S. The van der Waals surface area contributed by atoms with Crippen molar-refractivity contribution in [2.45, 2.75) is 38.0 Å². The van der Waals surface area contributed by atoms with Crippen molar-refractivity contribution in [1.29, 1.82) is 0 Å². The van der Waals surface area contributed by atoms with Gasteiger partial charge in [-0.2, -0.15) is 0 Å². The Morgan fingerprint density at radius 2 is 1.65 bits per heavy atom. The number of ether oxygens (including phenoxy) is 3. The molecular weight excluding hydrogens is 566 g/mol. The van der Waals surface area contributed by atoms with E-state index in [1.165, 1.54) is 16.7 Å². The zero-order valence-corrected chi connectivity index (χ0v) is 25.7. The number of methoxy groups -OCH3 is 2. The fraction of sp³-hybridized carbons (Fsp3) is 0.303. The van der Waals surface area contributed by atoms with Crippen LogP contribution in [0.15, 0.2) is 82.2 Å². The maximum Gasteiger partial charge on any atom is 0.278 e. The Hall–Kier alpha value is -4.28. The first-order valence-electron chi connectivity index (χ1n) is 14.2. The molecule has 43 heavy (non-hydrogen) atoms. The van der Waals surface area contributed by atoms with E-state index in [4.69, 9.17) is 14.2 Å². The van der Waals surface area contributed by atoms with Crippen molar-refractivity contribution in [3.05, 3.63) is 88.5 Å². The molecule has 0 fully saturated rings. The second-order valence-corrected chi connectivity index (χ2v) is 11.0. The molecule has 1 aliphatic heterocycles. The van der Waals surface area contributed by atoms with E-state index in [9.17, 15) is 14.4 Å². The van der Waals surface area contributed by atoms with Crippen LogP contribution in [0.3, 0.4) is 0 Å². The van der Waals surface area contributed by atoms with E-state index in [0.29, 0.717) is 42.3 Å². The van der Waals surface area contributed by atoms with Crippen LogP contribution in [0, 0.1) is 6.92 Å². The Balaban J connectivity index is 1.49. The maximum atomic E-state index is 13.5. The van der Waals surface area contributed by atoms with Crippen molar-refractivity contribution >= 4 is 40.9 Å². The SMILES string of the molecule is CCCCOc1ccc(C(=O)Nc2ccc(SC3=C(Nc4cc(C)ccc4OC)C(=O)N(CCCOC)C3=O)cc2)cc1. The quantitative estimate of drug-likeness (QED) is 0.155. The number of imide groups is 1. The van der Waals surface area contributed by atoms with Gasteiger partial charge >= 0.3 is 0 Å². The fourth-order valence-electron chi connectivity index (χ4n) is 4.35. The number of amides is 3. The van der Waals surface area contributed by atoms with Gasteiger partial charge in [-0.25, -0.2) is 0 Å². The Labute approximate surface area is 256 Å². The van der Waals surface area contributed by atoms with Gasteiger partial charge in [-0.1, -0.05) is 31.2 Å². The molecule has 0 saturated heterocycles. The van der Waals surface area contributed by atoms with Gasteiger partial charge in [-0.15, -0.1) is 0 Å². The van der Waals surface area contributed by atoms with E-state index < -0.39 is 5.91 Å². The van der Waals surface area contributed by atoms with Crippen LogP contribution in [0.4, 0.5) is 11.4 Å². The number of rotatable bonds is 15. The van der Waals surface area contributed by atoms with Crippen LogP contribution in [0.5, 0.6) is 11.5 Å². The van der Waals surface area contributed by atoms with Gasteiger partial charge < -0.3 is 24.8 Å². The van der Waals surface area contributed by atoms with E-state index in [0.717, 1.165) is 29.1 Å². The van der Waals surface area contributed by atoms with Crippen LogP contribution in [-0.2, 0) is 14.3 Å². The molecule has 0 spiro atoms. The van der Waals surface area contributed by atoms with Gasteiger partial charge in [0, 0.05) is 36.4 Å². The van der Waals surface area contributed by atoms with E-state index in [1.54, 1.807) is 62.8 Å². The summed E-state index contributed by atoms with van der Waals surface area (Å²) in [5.74, 6) is 0.259. The number of thioether (sulfide) groups is 1. The molecule has 0 unspecified atom stereocenters. The maximum absolute atomic E-state index is 13.5. The van der Waals surface area contributed by atoms with Crippen LogP contribution >= 0.6 is 11.8 Å². The lowest BCUT2D eigenvalue weighted by atomic mass is 10.2. The first kappa shape index (κ1) is 31.7. The summed E-state index contributed by atoms with van der Waals surface area (Å²) in [6.07, 6.45) is 2.55. The molecule has 0 aromatic heterocycles. The average molecular weight is 604 g/mol. The zero-order valence-electron chi connectivity index (χ0n) is 24.9. The minimum absolute atomic E-state index is 0.191. The Morgan fingerprint density at radius 1 is 0.907 bits per heavy atom. The molecule has 3 aromatic carbocycles. The standard InChI is InChI=1S/C33H37N3O6S/c1-5-6-20-42-25-13-9-23(10-14-25)31(37)34-24-11-15-26(16-12-24)43-30-29(32(38)36(33(30)39)18-7-19-40-3)35-27-21-22(2)8-17-28(27)41-4/h8-17,21,35H,5-7,18-20H2,1-4H3,(H,34,37). The Morgan fingerprint density at radius 3 is 2.33 bits per heavy atom. The van der Waals surface area contributed by atoms with Crippen molar-refractivity contribution < 1.29 is 28.6 Å². The van der Waals surface area contributed by atoms with E-state index in [2.05, 4.69) is 17.6 Å². The summed E-state index contributed by atoms with van der Waals surface area (Å²) in [6.45, 7) is 5.35. The van der Waals surface area contributed by atoms with Gasteiger partial charge in [0.25, 0.3) is 17.7 Å². The second kappa shape index (κ2) is 15.3. The van der Waals surface area contributed by atoms with E-state index in [1.807, 2.05) is 25.1 Å². The third kappa shape index (κ3) is 8.18. The molecule has 1 aliphatic rings. The van der Waals surface area contributed by atoms with Gasteiger partial charge in [-0.3, -0.25) is 19.3 Å². The van der Waals surface area contributed by atoms with Crippen molar-refractivity contribution in [3.8, 4) is 11.5 Å². The van der Waals surface area contributed by atoms with Gasteiger partial charge in [0.15, 0.2) is 0 Å². The summed E-state index contributed by atoms with van der Waals surface area (Å²) >= 11 is 1.19. The molecule has 1 heterocycles. The second-order valence-electron chi connectivity index (χ2n) is 9.95. The molecule has 10 heteroatoms. The highest BCUT2D eigenvalue weighted by Crippen LogP contribution is 2.38. The highest BCUT2D eigenvalue weighted by Gasteiger charge is 2.39. The number of anilines is 2. The largest absolute Gasteiger partial charge is 0.495 e. The summed E-state index contributed by atoms with van der Waals surface area (Å²) in [4.78, 5) is 41.9. The van der Waals surface area contributed by atoms with Crippen molar-refractivity contribution in [2.75, 3.05) is 44.6 Å². The predicted octanol–water partition coefficient (Wildman–Crippen LogP) is 6.26. The highest BCUT2D eigenvalue weighted by molar-refractivity contribution is 8.04. The van der Waals surface area contributed by atoms with Gasteiger partial charge in [0.2, 0.25) is 0 Å². The summed E-state index contributed by atoms with van der Waals surface area (Å²) in [7, 11) is 3.13. The van der Waals surface area contributed by atoms with E-state index >= 15 is 0 Å². The first-order valence-corrected chi connectivity index (χ1v) is 15.0. The number of aryl methyl sites for hydroxylation is 1. The predicted molar refractivity (Wildman–Crippen MR) is 169 cm³/mol. The Bertz CT molecular complexity index is 1470. The lowest BCUT2D eigenvalue weighted by molar-refractivity contribution is -0.137. The normalized spacial score (nSPS) is 13.0.